The van der Waals surface area contributed by atoms with E-state index in [1.54, 1.807) is 0 Å². The van der Waals surface area contributed by atoms with Crippen LogP contribution in [0.5, 0.6) is 0 Å². The van der Waals surface area contributed by atoms with Gasteiger partial charge >= 0.3 is 0 Å². The number of nitrogens with one attached hydrogen (secondary N) is 2. The largest absolute Gasteiger partial charge is 0.268 e. The van der Waals surface area contributed by atoms with E-state index in [9.17, 15) is 19.2 Å². The second-order valence-corrected chi connectivity index (χ2v) is 7.28. The molecule has 4 rings (SSSR count). The van der Waals surface area contributed by atoms with E-state index < -0.39 is 0 Å². The van der Waals surface area contributed by atoms with Gasteiger partial charge < -0.3 is 0 Å². The number of hydrogen-bond acceptors (Lipinski definition) is 4. The maximum absolute atomic E-state index is 11.8. The van der Waals surface area contributed by atoms with Gasteiger partial charge in [-0.05, 0) is 28.7 Å². The Labute approximate surface area is 176 Å². The Kier molecular flexibility index (Phi) is 5.61. The Hall–Kier alpha value is -4.20. The van der Waals surface area contributed by atoms with Crippen LogP contribution in [0.25, 0.3) is 0 Å². The third kappa shape index (κ3) is 5.05. The molecule has 0 unspecified atom stereocenters. The van der Waals surface area contributed by atoms with E-state index in [1.165, 1.54) is 33.6 Å². The van der Waals surface area contributed by atoms with Gasteiger partial charge in [-0.15, -0.1) is 0 Å². The third-order valence-corrected chi connectivity index (χ3v) is 4.91. The smallest absolute Gasteiger partial charge is 0.265 e. The van der Waals surface area contributed by atoms with Crippen LogP contribution in [0.4, 0.5) is 0 Å². The van der Waals surface area contributed by atoms with Crippen LogP contribution in [0.3, 0.4) is 0 Å². The van der Waals surface area contributed by atoms with E-state index in [4.69, 9.17) is 0 Å². The number of benzene rings is 2. The molecule has 0 fully saturated rings. The van der Waals surface area contributed by atoms with Crippen molar-refractivity contribution in [3.8, 4) is 0 Å². The molecule has 0 amide bonds. The summed E-state index contributed by atoms with van der Waals surface area (Å²) in [6.07, 6.45) is 0.727. The highest BCUT2D eigenvalue weighted by Gasteiger charge is 2.03. The molecule has 31 heavy (non-hydrogen) atoms. The highest BCUT2D eigenvalue weighted by atomic mass is 16.2. The lowest BCUT2D eigenvalue weighted by Crippen LogP contribution is -2.28. The number of hydrogen-bond donors (Lipinski definition) is 2. The Morgan fingerprint density at radius 2 is 0.839 bits per heavy atom. The second-order valence-electron chi connectivity index (χ2n) is 7.28. The molecule has 8 heteroatoms. The summed E-state index contributed by atoms with van der Waals surface area (Å²) >= 11 is 0. The van der Waals surface area contributed by atoms with Gasteiger partial charge in [-0.25, -0.2) is 9.36 Å². The molecule has 0 saturated carbocycles. The van der Waals surface area contributed by atoms with Crippen molar-refractivity contribution in [3.05, 3.63) is 136 Å². The van der Waals surface area contributed by atoms with E-state index in [2.05, 4.69) is 10.2 Å². The fraction of sp³-hybridized carbons (Fsp3) is 0.130. The summed E-state index contributed by atoms with van der Waals surface area (Å²) in [4.78, 5) is 46.4. The molecule has 2 aromatic carbocycles. The van der Waals surface area contributed by atoms with Crippen molar-refractivity contribution in [2.24, 2.45) is 0 Å². The summed E-state index contributed by atoms with van der Waals surface area (Å²) < 4.78 is 2.56. The first-order chi connectivity index (χ1) is 15.0. The Morgan fingerprint density at radius 3 is 1.23 bits per heavy atom. The molecule has 2 N–H and O–H groups in total. The van der Waals surface area contributed by atoms with Gasteiger partial charge in [0.05, 0.1) is 13.1 Å². The monoisotopic (exact) mass is 416 g/mol. The van der Waals surface area contributed by atoms with Crippen LogP contribution in [0.15, 0.2) is 92.0 Å². The molecule has 156 valence electrons. The first kappa shape index (κ1) is 20.1. The van der Waals surface area contributed by atoms with Gasteiger partial charge in [0.25, 0.3) is 22.2 Å². The molecule has 2 aromatic heterocycles. The summed E-state index contributed by atoms with van der Waals surface area (Å²) in [7, 11) is 0. The topological polar surface area (TPSA) is 110 Å². The molecule has 0 aliphatic carbocycles. The minimum absolute atomic E-state index is 0.259. The lowest BCUT2D eigenvalue weighted by molar-refractivity contribution is 0.627. The van der Waals surface area contributed by atoms with Crippen LogP contribution in [0, 0.1) is 0 Å². The van der Waals surface area contributed by atoms with Crippen molar-refractivity contribution in [1.29, 1.82) is 0 Å². The van der Waals surface area contributed by atoms with E-state index in [0.717, 1.165) is 28.7 Å². The minimum Gasteiger partial charge on any atom is -0.268 e. The van der Waals surface area contributed by atoms with E-state index in [0.29, 0.717) is 13.1 Å². The number of aromatic nitrogens is 4. The number of rotatable bonds is 6. The molecule has 4 aromatic rings. The summed E-state index contributed by atoms with van der Waals surface area (Å²) in [6.45, 7) is 0.593. The third-order valence-electron chi connectivity index (χ3n) is 4.91. The predicted molar refractivity (Wildman–Crippen MR) is 117 cm³/mol. The Bertz CT molecular complexity index is 1310. The minimum atomic E-state index is -0.317. The molecule has 0 atom stereocenters. The summed E-state index contributed by atoms with van der Waals surface area (Å²) in [5.41, 5.74) is 2.88. The van der Waals surface area contributed by atoms with Crippen molar-refractivity contribution >= 4 is 0 Å². The zero-order valence-electron chi connectivity index (χ0n) is 16.6. The van der Waals surface area contributed by atoms with Gasteiger partial charge in [-0.1, -0.05) is 48.5 Å². The van der Waals surface area contributed by atoms with E-state index in [1.807, 2.05) is 48.5 Å². The van der Waals surface area contributed by atoms with Gasteiger partial charge in [-0.2, -0.15) is 0 Å². The molecule has 0 aliphatic rings. The molecule has 2 heterocycles. The van der Waals surface area contributed by atoms with Crippen LogP contribution in [-0.2, 0) is 19.5 Å². The van der Waals surface area contributed by atoms with Crippen LogP contribution < -0.4 is 22.2 Å². The molecular weight excluding hydrogens is 396 g/mol. The van der Waals surface area contributed by atoms with Crippen molar-refractivity contribution in [2.75, 3.05) is 0 Å². The van der Waals surface area contributed by atoms with Gasteiger partial charge in [0.15, 0.2) is 0 Å². The van der Waals surface area contributed by atoms with Crippen LogP contribution >= 0.6 is 0 Å². The molecule has 0 spiro atoms. The predicted octanol–water partition coefficient (Wildman–Crippen LogP) is 1.07. The molecule has 0 bridgehead atoms. The quantitative estimate of drug-likeness (QED) is 0.490. The molecule has 0 radical (unpaired) electrons. The standard InChI is InChI=1S/C23H20N4O4/c28-20-9-11-22(30)26(24-20)14-18-5-1-16(2-6-18)13-17-3-7-19(8-4-17)15-27-23(31)12-10-21(29)25-27/h1-12H,13-15H2,(H,24,28)(H,25,29). The maximum Gasteiger partial charge on any atom is 0.265 e. The summed E-state index contributed by atoms with van der Waals surface area (Å²) in [6, 6.07) is 20.6. The van der Waals surface area contributed by atoms with Crippen molar-refractivity contribution in [1.82, 2.24) is 19.6 Å². The molecule has 0 saturated heterocycles. The molecule has 0 aliphatic heterocycles. The van der Waals surface area contributed by atoms with Crippen molar-refractivity contribution in [2.45, 2.75) is 19.5 Å². The van der Waals surface area contributed by atoms with E-state index in [-0.39, 0.29) is 22.2 Å². The van der Waals surface area contributed by atoms with Crippen molar-refractivity contribution < 1.29 is 0 Å². The molecular formula is C23H20N4O4. The second kappa shape index (κ2) is 8.66. The van der Waals surface area contributed by atoms with Crippen LogP contribution in [-0.4, -0.2) is 19.6 Å². The average Bonchev–Trinajstić information content (AvgIpc) is 2.76. The van der Waals surface area contributed by atoms with Gasteiger partial charge in [0.2, 0.25) is 0 Å². The SMILES string of the molecule is O=c1ccc(=O)n(Cc2ccc(Cc3ccc(Cn4[nH]c(=O)ccc4=O)cc3)cc2)[nH]1. The summed E-state index contributed by atoms with van der Waals surface area (Å²) in [5.74, 6) is 0. The zero-order chi connectivity index (χ0) is 21.8. The van der Waals surface area contributed by atoms with Gasteiger partial charge in [-0.3, -0.25) is 29.4 Å². The van der Waals surface area contributed by atoms with E-state index >= 15 is 0 Å². The Balaban J connectivity index is 1.42. The normalized spacial score (nSPS) is 10.8. The summed E-state index contributed by atoms with van der Waals surface area (Å²) in [5, 5.41) is 5.03. The number of nitrogens with zero attached hydrogens (tertiary/aromatic N) is 2. The first-order valence-electron chi connectivity index (χ1n) is 9.72. The Morgan fingerprint density at radius 1 is 0.484 bits per heavy atom. The highest BCUT2D eigenvalue weighted by molar-refractivity contribution is 5.30. The lowest BCUT2D eigenvalue weighted by atomic mass is 10.0. The lowest BCUT2D eigenvalue weighted by Gasteiger charge is -2.08. The fourth-order valence-electron chi connectivity index (χ4n) is 3.29. The van der Waals surface area contributed by atoms with Crippen LogP contribution in [0.2, 0.25) is 0 Å². The first-order valence-corrected chi connectivity index (χ1v) is 9.72. The van der Waals surface area contributed by atoms with Gasteiger partial charge in [0.1, 0.15) is 0 Å². The average molecular weight is 416 g/mol. The van der Waals surface area contributed by atoms with Crippen molar-refractivity contribution in [3.63, 3.8) is 0 Å². The number of H-pyrrole nitrogens is 2. The van der Waals surface area contributed by atoms with Crippen LogP contribution in [0.1, 0.15) is 22.3 Å². The maximum atomic E-state index is 11.8. The fourth-order valence-corrected chi connectivity index (χ4v) is 3.29. The van der Waals surface area contributed by atoms with Gasteiger partial charge in [0, 0.05) is 24.3 Å². The highest BCUT2D eigenvalue weighted by Crippen LogP contribution is 2.13. The zero-order valence-corrected chi connectivity index (χ0v) is 16.6. The number of aromatic amines is 2. The molecule has 8 nitrogen and oxygen atoms in total.